The summed E-state index contributed by atoms with van der Waals surface area (Å²) in [5.41, 5.74) is -0.623. The van der Waals surface area contributed by atoms with E-state index in [2.05, 4.69) is 17.2 Å². The minimum absolute atomic E-state index is 0.00552. The molecule has 2 aliphatic rings. The van der Waals surface area contributed by atoms with E-state index < -0.39 is 5.54 Å². The van der Waals surface area contributed by atoms with Gasteiger partial charge in [0.25, 0.3) is 0 Å². The highest BCUT2D eigenvalue weighted by atomic mass is 16.2. The van der Waals surface area contributed by atoms with E-state index in [0.29, 0.717) is 13.0 Å². The molecule has 2 rings (SSSR count). The molecule has 20 heavy (non-hydrogen) atoms. The standard InChI is InChI=1S/C16H24N2O2/c1-4-5-8-11-18-13(12(2)3)14(19)17-16(15(18)20)9-6-7-10-16/h12-13H,6-11H2,1-3H3,(H,17,19). The first-order valence-corrected chi connectivity index (χ1v) is 7.54. The van der Waals surface area contributed by atoms with Gasteiger partial charge in [-0.2, -0.15) is 0 Å². The summed E-state index contributed by atoms with van der Waals surface area (Å²) in [7, 11) is 0. The van der Waals surface area contributed by atoms with E-state index in [9.17, 15) is 9.59 Å². The molecule has 1 atom stereocenters. The van der Waals surface area contributed by atoms with E-state index in [0.717, 1.165) is 25.7 Å². The molecule has 0 aromatic rings. The van der Waals surface area contributed by atoms with Gasteiger partial charge in [0.1, 0.15) is 11.6 Å². The van der Waals surface area contributed by atoms with Crippen LogP contribution in [-0.4, -0.2) is 34.8 Å². The molecule has 0 aromatic heterocycles. The topological polar surface area (TPSA) is 49.4 Å². The summed E-state index contributed by atoms with van der Waals surface area (Å²) in [4.78, 5) is 27.1. The molecule has 1 saturated carbocycles. The lowest BCUT2D eigenvalue weighted by molar-refractivity contribution is -0.156. The number of piperazine rings is 1. The van der Waals surface area contributed by atoms with Crippen LogP contribution in [-0.2, 0) is 9.59 Å². The van der Waals surface area contributed by atoms with Gasteiger partial charge in [-0.25, -0.2) is 0 Å². The maximum atomic E-state index is 12.9. The average Bonchev–Trinajstić information content (AvgIpc) is 2.84. The number of nitrogens with one attached hydrogen (secondary N) is 1. The first-order chi connectivity index (χ1) is 9.52. The van der Waals surface area contributed by atoms with E-state index >= 15 is 0 Å². The largest absolute Gasteiger partial charge is 0.340 e. The van der Waals surface area contributed by atoms with Crippen LogP contribution in [0.15, 0.2) is 0 Å². The molecule has 2 amide bonds. The van der Waals surface area contributed by atoms with Crippen LogP contribution < -0.4 is 5.32 Å². The second kappa shape index (κ2) is 5.87. The van der Waals surface area contributed by atoms with E-state index in [4.69, 9.17) is 0 Å². The van der Waals surface area contributed by atoms with E-state index in [1.165, 1.54) is 0 Å². The molecule has 0 bridgehead atoms. The monoisotopic (exact) mass is 276 g/mol. The van der Waals surface area contributed by atoms with Crippen LogP contribution in [0.25, 0.3) is 0 Å². The van der Waals surface area contributed by atoms with E-state index in [1.807, 2.05) is 13.8 Å². The summed E-state index contributed by atoms with van der Waals surface area (Å²) in [6.07, 6.45) is 4.22. The fourth-order valence-corrected chi connectivity index (χ4v) is 3.43. The molecular formula is C16H24N2O2. The summed E-state index contributed by atoms with van der Waals surface area (Å²) in [6.45, 7) is 6.33. The summed E-state index contributed by atoms with van der Waals surface area (Å²) < 4.78 is 0. The SMILES string of the molecule is CC#CCCN1C(=O)C2(CCCC2)NC(=O)C1C(C)C. The Morgan fingerprint density at radius 1 is 1.35 bits per heavy atom. The Kier molecular flexibility index (Phi) is 4.37. The van der Waals surface area contributed by atoms with Crippen molar-refractivity contribution in [3.63, 3.8) is 0 Å². The molecule has 4 nitrogen and oxygen atoms in total. The summed E-state index contributed by atoms with van der Waals surface area (Å²) in [5.74, 6) is 6.07. The third-order valence-electron chi connectivity index (χ3n) is 4.38. The molecule has 1 N–H and O–H groups in total. The van der Waals surface area contributed by atoms with Crippen molar-refractivity contribution < 1.29 is 9.59 Å². The lowest BCUT2D eigenvalue weighted by atomic mass is 9.87. The zero-order valence-corrected chi connectivity index (χ0v) is 12.7. The minimum Gasteiger partial charge on any atom is -0.340 e. The van der Waals surface area contributed by atoms with Crippen LogP contribution in [0.3, 0.4) is 0 Å². The van der Waals surface area contributed by atoms with Gasteiger partial charge in [0.2, 0.25) is 11.8 Å². The molecule has 110 valence electrons. The summed E-state index contributed by atoms with van der Waals surface area (Å²) in [6, 6.07) is -0.354. The maximum absolute atomic E-state index is 12.9. The van der Waals surface area contributed by atoms with Crippen molar-refractivity contribution in [1.82, 2.24) is 10.2 Å². The lowest BCUT2D eigenvalue weighted by Crippen LogP contribution is -2.70. The number of hydrogen-bond donors (Lipinski definition) is 1. The van der Waals surface area contributed by atoms with Gasteiger partial charge < -0.3 is 10.2 Å². The Hall–Kier alpha value is -1.50. The Morgan fingerprint density at radius 3 is 2.55 bits per heavy atom. The average molecular weight is 276 g/mol. The van der Waals surface area contributed by atoms with Crippen molar-refractivity contribution >= 4 is 11.8 Å². The predicted molar refractivity (Wildman–Crippen MR) is 77.7 cm³/mol. The van der Waals surface area contributed by atoms with E-state index in [1.54, 1.807) is 11.8 Å². The van der Waals surface area contributed by atoms with Gasteiger partial charge in [-0.05, 0) is 25.7 Å². The molecular weight excluding hydrogens is 252 g/mol. The van der Waals surface area contributed by atoms with Crippen molar-refractivity contribution in [2.45, 2.75) is 64.5 Å². The molecule has 2 fully saturated rings. The fraction of sp³-hybridized carbons (Fsp3) is 0.750. The van der Waals surface area contributed by atoms with Crippen LogP contribution in [0.5, 0.6) is 0 Å². The second-order valence-electron chi connectivity index (χ2n) is 6.14. The first kappa shape index (κ1) is 14.9. The number of rotatable bonds is 3. The third-order valence-corrected chi connectivity index (χ3v) is 4.38. The van der Waals surface area contributed by atoms with Gasteiger partial charge in [0.15, 0.2) is 0 Å². The Morgan fingerprint density at radius 2 is 2.00 bits per heavy atom. The number of carbonyl (C=O) groups excluding carboxylic acids is 2. The predicted octanol–water partition coefficient (Wildman–Crippen LogP) is 1.70. The molecule has 1 aliphatic heterocycles. The molecule has 0 aromatic carbocycles. The van der Waals surface area contributed by atoms with Crippen LogP contribution in [0.2, 0.25) is 0 Å². The summed E-state index contributed by atoms with van der Waals surface area (Å²) in [5, 5.41) is 3.03. The zero-order chi connectivity index (χ0) is 14.8. The highest BCUT2D eigenvalue weighted by Gasteiger charge is 2.52. The van der Waals surface area contributed by atoms with Crippen molar-refractivity contribution in [3.05, 3.63) is 0 Å². The second-order valence-corrected chi connectivity index (χ2v) is 6.14. The minimum atomic E-state index is -0.623. The van der Waals surface area contributed by atoms with Crippen LogP contribution >= 0.6 is 0 Å². The van der Waals surface area contributed by atoms with Gasteiger partial charge in [-0.15, -0.1) is 11.8 Å². The lowest BCUT2D eigenvalue weighted by Gasteiger charge is -2.45. The van der Waals surface area contributed by atoms with Gasteiger partial charge in [-0.3, -0.25) is 9.59 Å². The van der Waals surface area contributed by atoms with Crippen molar-refractivity contribution in [2.24, 2.45) is 5.92 Å². The Bertz CT molecular complexity index is 453. The molecule has 1 unspecified atom stereocenters. The Balaban J connectivity index is 2.25. The third kappa shape index (κ3) is 2.54. The van der Waals surface area contributed by atoms with Crippen molar-refractivity contribution in [2.75, 3.05) is 6.54 Å². The highest BCUT2D eigenvalue weighted by molar-refractivity contribution is 6.00. The van der Waals surface area contributed by atoms with Crippen LogP contribution in [0.1, 0.15) is 52.9 Å². The molecule has 4 heteroatoms. The number of carbonyl (C=O) groups is 2. The zero-order valence-electron chi connectivity index (χ0n) is 12.7. The Labute approximate surface area is 121 Å². The maximum Gasteiger partial charge on any atom is 0.249 e. The summed E-state index contributed by atoms with van der Waals surface area (Å²) >= 11 is 0. The highest BCUT2D eigenvalue weighted by Crippen LogP contribution is 2.35. The normalized spacial score (nSPS) is 24.8. The van der Waals surface area contributed by atoms with Crippen molar-refractivity contribution in [1.29, 1.82) is 0 Å². The quantitative estimate of drug-likeness (QED) is 0.798. The smallest absolute Gasteiger partial charge is 0.249 e. The van der Waals surface area contributed by atoms with E-state index in [-0.39, 0.29) is 23.8 Å². The number of nitrogens with zero attached hydrogens (tertiary/aromatic N) is 1. The van der Waals surface area contributed by atoms with Crippen LogP contribution in [0.4, 0.5) is 0 Å². The van der Waals surface area contributed by atoms with Gasteiger partial charge in [0, 0.05) is 13.0 Å². The van der Waals surface area contributed by atoms with Crippen LogP contribution in [0, 0.1) is 17.8 Å². The molecule has 1 heterocycles. The molecule has 0 radical (unpaired) electrons. The molecule has 1 spiro atoms. The van der Waals surface area contributed by atoms with Crippen molar-refractivity contribution in [3.8, 4) is 11.8 Å². The number of amides is 2. The fourth-order valence-electron chi connectivity index (χ4n) is 3.43. The van der Waals surface area contributed by atoms with Gasteiger partial charge in [-0.1, -0.05) is 26.7 Å². The van der Waals surface area contributed by atoms with Gasteiger partial charge in [0.05, 0.1) is 0 Å². The molecule has 1 saturated heterocycles. The number of hydrogen-bond acceptors (Lipinski definition) is 2. The first-order valence-electron chi connectivity index (χ1n) is 7.54. The van der Waals surface area contributed by atoms with Gasteiger partial charge >= 0.3 is 0 Å². The molecule has 1 aliphatic carbocycles.